The number of nitrogens with zero attached hydrogens (tertiary/aromatic N) is 3. The van der Waals surface area contributed by atoms with E-state index < -0.39 is 0 Å². The second-order valence-corrected chi connectivity index (χ2v) is 7.64. The van der Waals surface area contributed by atoms with Gasteiger partial charge in [-0.3, -0.25) is 0 Å². The van der Waals surface area contributed by atoms with Crippen LogP contribution in [0.3, 0.4) is 0 Å². The third-order valence-corrected chi connectivity index (χ3v) is 5.80. The zero-order valence-electron chi connectivity index (χ0n) is 20.0. The molecule has 0 bridgehead atoms. The molecule has 0 atom stereocenters. The molecule has 0 amide bonds. The van der Waals surface area contributed by atoms with Gasteiger partial charge in [-0.2, -0.15) is 17.7 Å². The minimum atomic E-state index is 0. The van der Waals surface area contributed by atoms with Gasteiger partial charge in [-0.15, -0.1) is 0 Å². The fourth-order valence-electron chi connectivity index (χ4n) is 3.59. The highest BCUT2D eigenvalue weighted by Crippen LogP contribution is 2.52. The van der Waals surface area contributed by atoms with Crippen LogP contribution in [0.15, 0.2) is 54.9 Å². The fraction of sp³-hybridized carbons (Fsp3) is 0.444. The molecular weight excluding hydrogens is 414 g/mol. The molecule has 1 aromatic heterocycles. The Hall–Kier alpha value is -2.40. The maximum absolute atomic E-state index is 5.65. The van der Waals surface area contributed by atoms with E-state index in [1.807, 2.05) is 37.0 Å². The van der Waals surface area contributed by atoms with Gasteiger partial charge in [0.1, 0.15) is 5.75 Å². The number of thiol groups is 1. The van der Waals surface area contributed by atoms with Crippen molar-refractivity contribution >= 4 is 18.3 Å². The summed E-state index contributed by atoms with van der Waals surface area (Å²) in [5, 5.41) is 4.56. The molecule has 4 nitrogen and oxygen atoms in total. The van der Waals surface area contributed by atoms with Crippen LogP contribution in [0.2, 0.25) is 0 Å². The van der Waals surface area contributed by atoms with E-state index in [1.54, 1.807) is 13.4 Å². The smallest absolute Gasteiger partial charge is 0.119 e. The summed E-state index contributed by atoms with van der Waals surface area (Å²) in [7, 11) is 3.85. The number of methoxy groups -OCH3 is 1. The SMILES string of the molecule is C.CC.CCN(C)c1ccc(-c2cc(OC)cc(C3(C)CC3)c2-n2cccn2)cc1.CS. The summed E-state index contributed by atoms with van der Waals surface area (Å²) in [6.07, 6.45) is 7.97. The average molecular weight is 456 g/mol. The van der Waals surface area contributed by atoms with Crippen LogP contribution in [0.25, 0.3) is 16.8 Å². The molecule has 3 aromatic rings. The lowest BCUT2D eigenvalue weighted by atomic mass is 9.90. The highest BCUT2D eigenvalue weighted by molar-refractivity contribution is 7.79. The van der Waals surface area contributed by atoms with Crippen LogP contribution in [-0.2, 0) is 5.41 Å². The summed E-state index contributed by atoms with van der Waals surface area (Å²) >= 11 is 3.53. The minimum Gasteiger partial charge on any atom is -0.497 e. The molecule has 5 heteroatoms. The molecule has 1 aliphatic carbocycles. The summed E-state index contributed by atoms with van der Waals surface area (Å²) in [5.74, 6) is 0.902. The van der Waals surface area contributed by atoms with Crippen molar-refractivity contribution in [3.63, 3.8) is 0 Å². The summed E-state index contributed by atoms with van der Waals surface area (Å²) in [5.41, 5.74) is 6.24. The third-order valence-electron chi connectivity index (χ3n) is 5.80. The Labute approximate surface area is 201 Å². The van der Waals surface area contributed by atoms with Gasteiger partial charge in [0, 0.05) is 37.2 Å². The zero-order chi connectivity index (χ0) is 23.0. The second-order valence-electron chi connectivity index (χ2n) is 7.64. The molecule has 0 N–H and O–H groups in total. The summed E-state index contributed by atoms with van der Waals surface area (Å²) in [6.45, 7) is 9.48. The number of hydrogen-bond donors (Lipinski definition) is 1. The van der Waals surface area contributed by atoms with Gasteiger partial charge in [-0.25, -0.2) is 4.68 Å². The molecule has 32 heavy (non-hydrogen) atoms. The van der Waals surface area contributed by atoms with Gasteiger partial charge in [0.2, 0.25) is 0 Å². The van der Waals surface area contributed by atoms with E-state index in [4.69, 9.17) is 4.74 Å². The van der Waals surface area contributed by atoms with Crippen molar-refractivity contribution in [3.8, 4) is 22.6 Å². The van der Waals surface area contributed by atoms with Crippen LogP contribution >= 0.6 is 12.6 Å². The molecule has 1 heterocycles. The Kier molecular flexibility index (Phi) is 10.9. The minimum absolute atomic E-state index is 0. The van der Waals surface area contributed by atoms with E-state index in [9.17, 15) is 0 Å². The normalized spacial score (nSPS) is 12.9. The first-order valence-electron chi connectivity index (χ1n) is 11.0. The fourth-order valence-corrected chi connectivity index (χ4v) is 3.59. The van der Waals surface area contributed by atoms with E-state index in [2.05, 4.69) is 79.9 Å². The number of hydrogen-bond acceptors (Lipinski definition) is 4. The van der Waals surface area contributed by atoms with Crippen LogP contribution < -0.4 is 9.64 Å². The van der Waals surface area contributed by atoms with E-state index in [0.717, 1.165) is 23.5 Å². The molecule has 1 aliphatic rings. The van der Waals surface area contributed by atoms with Crippen LogP contribution in [-0.4, -0.2) is 36.7 Å². The number of ether oxygens (including phenoxy) is 1. The highest BCUT2D eigenvalue weighted by Gasteiger charge is 2.42. The first-order chi connectivity index (χ1) is 15.1. The summed E-state index contributed by atoms with van der Waals surface area (Å²) in [4.78, 5) is 2.24. The van der Waals surface area contributed by atoms with Crippen molar-refractivity contribution in [1.82, 2.24) is 9.78 Å². The lowest BCUT2D eigenvalue weighted by molar-refractivity contribution is 0.414. The van der Waals surface area contributed by atoms with Crippen molar-refractivity contribution in [1.29, 1.82) is 0 Å². The monoisotopic (exact) mass is 455 g/mol. The van der Waals surface area contributed by atoms with E-state index >= 15 is 0 Å². The number of aromatic nitrogens is 2. The van der Waals surface area contributed by atoms with Crippen molar-refractivity contribution < 1.29 is 4.74 Å². The van der Waals surface area contributed by atoms with Crippen LogP contribution in [0.5, 0.6) is 5.75 Å². The van der Waals surface area contributed by atoms with E-state index in [1.165, 1.54) is 29.7 Å². The van der Waals surface area contributed by atoms with Crippen molar-refractivity contribution in [3.05, 3.63) is 60.4 Å². The molecule has 176 valence electrons. The molecule has 1 saturated carbocycles. The Bertz CT molecular complexity index is 932. The first-order valence-corrected chi connectivity index (χ1v) is 11.9. The molecule has 0 saturated heterocycles. The van der Waals surface area contributed by atoms with Crippen LogP contribution in [0, 0.1) is 0 Å². The van der Waals surface area contributed by atoms with Gasteiger partial charge in [-0.1, -0.05) is 40.3 Å². The van der Waals surface area contributed by atoms with Gasteiger partial charge in [0.05, 0.1) is 12.8 Å². The van der Waals surface area contributed by atoms with Gasteiger partial charge >= 0.3 is 0 Å². The lowest BCUT2D eigenvalue weighted by Gasteiger charge is -2.22. The lowest BCUT2D eigenvalue weighted by Crippen LogP contribution is -2.15. The predicted molar refractivity (Wildman–Crippen MR) is 144 cm³/mol. The largest absolute Gasteiger partial charge is 0.497 e. The third kappa shape index (κ3) is 5.89. The van der Waals surface area contributed by atoms with E-state index in [-0.39, 0.29) is 12.8 Å². The predicted octanol–water partition coefficient (Wildman–Crippen LogP) is 7.26. The summed E-state index contributed by atoms with van der Waals surface area (Å²) < 4.78 is 7.65. The van der Waals surface area contributed by atoms with Gasteiger partial charge in [-0.05, 0) is 72.9 Å². The summed E-state index contributed by atoms with van der Waals surface area (Å²) in [6, 6.07) is 15.1. The quantitative estimate of drug-likeness (QED) is 0.397. The van der Waals surface area contributed by atoms with Crippen LogP contribution in [0.1, 0.15) is 53.5 Å². The standard InChI is InChI=1S/C23H27N3O.C2H6.CH4S.CH4/c1-5-25(3)18-9-7-17(8-10-18)20-15-19(27-4)16-21(23(2)11-12-23)22(20)26-14-6-13-24-26;2*1-2;/h6-10,13-16H,5,11-12H2,1-4H3;1-2H3;2H,1H3;1H4. The Balaban J connectivity index is 0.000000971. The first kappa shape index (κ1) is 27.6. The van der Waals surface area contributed by atoms with Gasteiger partial charge < -0.3 is 9.64 Å². The molecule has 0 unspecified atom stereocenters. The Morgan fingerprint density at radius 3 is 2.22 bits per heavy atom. The zero-order valence-corrected chi connectivity index (χ0v) is 20.9. The second kappa shape index (κ2) is 12.6. The topological polar surface area (TPSA) is 30.3 Å². The number of anilines is 1. The number of rotatable bonds is 6. The highest BCUT2D eigenvalue weighted by atomic mass is 32.1. The van der Waals surface area contributed by atoms with Crippen molar-refractivity contribution in [2.75, 3.05) is 31.9 Å². The molecular formula is C27H41N3OS. The maximum Gasteiger partial charge on any atom is 0.119 e. The molecule has 0 radical (unpaired) electrons. The van der Waals surface area contributed by atoms with E-state index in [0.29, 0.717) is 0 Å². The maximum atomic E-state index is 5.65. The molecule has 4 rings (SSSR count). The number of benzene rings is 2. The van der Waals surface area contributed by atoms with Crippen LogP contribution in [0.4, 0.5) is 5.69 Å². The van der Waals surface area contributed by atoms with Crippen molar-refractivity contribution in [2.45, 2.75) is 53.4 Å². The molecule has 0 aliphatic heterocycles. The average Bonchev–Trinajstić information content (AvgIpc) is 3.36. The molecule has 1 fully saturated rings. The Morgan fingerprint density at radius 2 is 1.75 bits per heavy atom. The Morgan fingerprint density at radius 1 is 1.12 bits per heavy atom. The van der Waals surface area contributed by atoms with Gasteiger partial charge in [0.25, 0.3) is 0 Å². The molecule has 0 spiro atoms. The van der Waals surface area contributed by atoms with Gasteiger partial charge in [0.15, 0.2) is 0 Å². The van der Waals surface area contributed by atoms with Crippen molar-refractivity contribution in [2.24, 2.45) is 0 Å². The molecule has 2 aromatic carbocycles.